The summed E-state index contributed by atoms with van der Waals surface area (Å²) >= 11 is 0. The minimum Gasteiger partial charge on any atom is -0.466 e. The zero-order chi connectivity index (χ0) is 23.5. The summed E-state index contributed by atoms with van der Waals surface area (Å²) in [5.41, 5.74) is -0.971. The summed E-state index contributed by atoms with van der Waals surface area (Å²) in [6, 6.07) is -0.577. The second kappa shape index (κ2) is 12.8. The zero-order valence-corrected chi connectivity index (χ0v) is 20.1. The maximum atomic E-state index is 13.1. The first kappa shape index (κ1) is 28.2. The number of rotatable bonds is 13. The van der Waals surface area contributed by atoms with Gasteiger partial charge >= 0.3 is 11.9 Å². The molecule has 0 unspecified atom stereocenters. The van der Waals surface area contributed by atoms with Gasteiger partial charge in [-0.15, -0.1) is 0 Å². The van der Waals surface area contributed by atoms with Crippen molar-refractivity contribution in [3.8, 4) is 0 Å². The van der Waals surface area contributed by atoms with E-state index in [0.717, 1.165) is 0 Å². The molecule has 0 heterocycles. The summed E-state index contributed by atoms with van der Waals surface area (Å²) in [7, 11) is 0. The van der Waals surface area contributed by atoms with Gasteiger partial charge in [0.05, 0.1) is 19.3 Å². The number of esters is 2. The number of hydrogen-bond acceptors (Lipinski definition) is 7. The normalized spacial score (nSPS) is 14.0. The molecule has 0 saturated carbocycles. The Bertz CT molecular complexity index is 585. The number of ether oxygens (including phenoxy) is 2. The van der Waals surface area contributed by atoms with Crippen LogP contribution in [-0.4, -0.2) is 48.3 Å². The third kappa shape index (κ3) is 12.1. The Hall–Kier alpha value is -1.76. The van der Waals surface area contributed by atoms with Gasteiger partial charge in [-0.1, -0.05) is 20.8 Å². The molecule has 0 aromatic heterocycles. The van der Waals surface area contributed by atoms with Crippen LogP contribution in [0.2, 0.25) is 0 Å². The first-order valence-electron chi connectivity index (χ1n) is 10.9. The Morgan fingerprint density at radius 3 is 1.67 bits per heavy atom. The van der Waals surface area contributed by atoms with Gasteiger partial charge < -0.3 is 14.8 Å². The Morgan fingerprint density at radius 2 is 1.27 bits per heavy atom. The highest BCUT2D eigenvalue weighted by Gasteiger charge is 2.34. The third-order valence-electron chi connectivity index (χ3n) is 4.50. The molecule has 0 aromatic carbocycles. The minimum atomic E-state index is -0.627. The summed E-state index contributed by atoms with van der Waals surface area (Å²) in [5.74, 6) is -1.49. The summed E-state index contributed by atoms with van der Waals surface area (Å²) in [5, 5.41) is 3.26. The molecule has 0 spiro atoms. The van der Waals surface area contributed by atoms with E-state index >= 15 is 0 Å². The highest BCUT2D eigenvalue weighted by atomic mass is 16.5. The zero-order valence-electron chi connectivity index (χ0n) is 20.1. The van der Waals surface area contributed by atoms with E-state index in [4.69, 9.17) is 9.47 Å². The lowest BCUT2D eigenvalue weighted by atomic mass is 9.78. The van der Waals surface area contributed by atoms with Crippen molar-refractivity contribution >= 4 is 23.5 Å². The van der Waals surface area contributed by atoms with Crippen LogP contribution in [0, 0.1) is 11.3 Å². The van der Waals surface area contributed by atoms with Crippen LogP contribution >= 0.6 is 0 Å². The summed E-state index contributed by atoms with van der Waals surface area (Å²) in [6.07, 6.45) is 0.790. The van der Waals surface area contributed by atoms with Crippen LogP contribution in [0.3, 0.4) is 0 Å². The molecule has 0 aliphatic rings. The third-order valence-corrected chi connectivity index (χ3v) is 4.50. The quantitative estimate of drug-likeness (QED) is 0.448. The number of carbonyl (C=O) groups is 4. The monoisotopic (exact) mass is 427 g/mol. The highest BCUT2D eigenvalue weighted by molar-refractivity contribution is 5.93. The van der Waals surface area contributed by atoms with Crippen molar-refractivity contribution in [2.24, 2.45) is 11.3 Å². The van der Waals surface area contributed by atoms with Gasteiger partial charge in [0.15, 0.2) is 0 Å². The lowest BCUT2D eigenvalue weighted by Gasteiger charge is -2.30. The molecule has 7 heteroatoms. The van der Waals surface area contributed by atoms with E-state index in [1.807, 2.05) is 41.5 Å². The van der Waals surface area contributed by atoms with Crippen molar-refractivity contribution in [2.75, 3.05) is 13.2 Å². The van der Waals surface area contributed by atoms with Gasteiger partial charge in [0.1, 0.15) is 11.6 Å². The average molecular weight is 428 g/mol. The fraction of sp³-hybridized carbons (Fsp3) is 0.826. The molecule has 2 atom stereocenters. The molecule has 0 radical (unpaired) electrons. The molecule has 0 amide bonds. The molecule has 174 valence electrons. The lowest BCUT2D eigenvalue weighted by molar-refractivity contribution is -0.145. The molecule has 0 aliphatic carbocycles. The van der Waals surface area contributed by atoms with E-state index < -0.39 is 17.4 Å². The van der Waals surface area contributed by atoms with E-state index in [9.17, 15) is 19.2 Å². The van der Waals surface area contributed by atoms with E-state index in [2.05, 4.69) is 5.32 Å². The predicted octanol–water partition coefficient (Wildman–Crippen LogP) is 3.62. The van der Waals surface area contributed by atoms with Crippen molar-refractivity contribution in [3.05, 3.63) is 0 Å². The second-order valence-electron chi connectivity index (χ2n) is 9.62. The molecule has 0 bridgehead atoms. The van der Waals surface area contributed by atoms with Crippen LogP contribution in [-0.2, 0) is 28.7 Å². The molecular weight excluding hydrogens is 386 g/mol. The minimum absolute atomic E-state index is 0.0199. The Morgan fingerprint density at radius 1 is 0.800 bits per heavy atom. The summed E-state index contributed by atoms with van der Waals surface area (Å²) in [6.45, 7) is 15.3. The van der Waals surface area contributed by atoms with Crippen molar-refractivity contribution in [1.29, 1.82) is 0 Å². The highest BCUT2D eigenvalue weighted by Crippen LogP contribution is 2.27. The molecule has 0 aliphatic heterocycles. The standard InChI is InChI=1S/C23H41NO6/c1-9-29-19(26)13-11-16(21(28)22(3,4)5)15-18(25)17(24-23(6,7)8)12-14-20(27)30-10-2/h16-17,24H,9-15H2,1-8H3/t16-,17-/m1/s1. The number of carbonyl (C=O) groups excluding carboxylic acids is 4. The van der Waals surface area contributed by atoms with Gasteiger partial charge in [-0.25, -0.2) is 0 Å². The van der Waals surface area contributed by atoms with E-state index in [1.54, 1.807) is 13.8 Å². The van der Waals surface area contributed by atoms with Crippen LogP contribution in [0.4, 0.5) is 0 Å². The second-order valence-corrected chi connectivity index (χ2v) is 9.62. The van der Waals surface area contributed by atoms with Crippen LogP contribution in [0.1, 0.15) is 87.5 Å². The Labute approximate surface area is 181 Å². The SMILES string of the molecule is CCOC(=O)CC[C@H](CC(=O)[C@@H](CCC(=O)OCC)NC(C)(C)C)C(=O)C(C)(C)C. The lowest BCUT2D eigenvalue weighted by Crippen LogP contribution is -2.48. The van der Waals surface area contributed by atoms with E-state index in [1.165, 1.54) is 0 Å². The van der Waals surface area contributed by atoms with Gasteiger partial charge in [-0.05, 0) is 47.5 Å². The van der Waals surface area contributed by atoms with E-state index in [0.29, 0.717) is 13.0 Å². The smallest absolute Gasteiger partial charge is 0.305 e. The van der Waals surface area contributed by atoms with Crippen molar-refractivity contribution in [2.45, 2.75) is 99.1 Å². The number of nitrogens with one attached hydrogen (secondary N) is 1. The molecule has 30 heavy (non-hydrogen) atoms. The van der Waals surface area contributed by atoms with Gasteiger partial charge in [0, 0.05) is 36.1 Å². The fourth-order valence-electron chi connectivity index (χ4n) is 3.18. The summed E-state index contributed by atoms with van der Waals surface area (Å²) < 4.78 is 9.94. The Balaban J connectivity index is 5.37. The topological polar surface area (TPSA) is 98.8 Å². The maximum absolute atomic E-state index is 13.1. The number of ketones is 2. The van der Waals surface area contributed by atoms with Gasteiger partial charge in [-0.2, -0.15) is 0 Å². The van der Waals surface area contributed by atoms with Crippen LogP contribution < -0.4 is 5.32 Å². The van der Waals surface area contributed by atoms with Crippen molar-refractivity contribution in [1.82, 2.24) is 5.32 Å². The Kier molecular flexibility index (Phi) is 12.1. The van der Waals surface area contributed by atoms with Crippen molar-refractivity contribution in [3.63, 3.8) is 0 Å². The first-order chi connectivity index (χ1) is 13.7. The maximum Gasteiger partial charge on any atom is 0.305 e. The number of hydrogen-bond donors (Lipinski definition) is 1. The molecule has 0 fully saturated rings. The van der Waals surface area contributed by atoms with Crippen LogP contribution in [0.25, 0.3) is 0 Å². The predicted molar refractivity (Wildman–Crippen MR) is 116 cm³/mol. The van der Waals surface area contributed by atoms with E-state index in [-0.39, 0.29) is 61.3 Å². The van der Waals surface area contributed by atoms with Crippen LogP contribution in [0.5, 0.6) is 0 Å². The molecule has 0 rings (SSSR count). The van der Waals surface area contributed by atoms with Gasteiger partial charge in [0.25, 0.3) is 0 Å². The number of Topliss-reactive ketones (excluding diaryl/α,β-unsaturated/α-hetero) is 2. The largest absolute Gasteiger partial charge is 0.466 e. The molecule has 7 nitrogen and oxygen atoms in total. The molecule has 0 saturated heterocycles. The van der Waals surface area contributed by atoms with Crippen molar-refractivity contribution < 1.29 is 28.7 Å². The fourth-order valence-corrected chi connectivity index (χ4v) is 3.18. The first-order valence-corrected chi connectivity index (χ1v) is 10.9. The molecular formula is C23H41NO6. The summed E-state index contributed by atoms with van der Waals surface area (Å²) in [4.78, 5) is 49.6. The molecule has 1 N–H and O–H groups in total. The van der Waals surface area contributed by atoms with Crippen LogP contribution in [0.15, 0.2) is 0 Å². The average Bonchev–Trinajstić information content (AvgIpc) is 2.60. The van der Waals surface area contributed by atoms with Gasteiger partial charge in [-0.3, -0.25) is 19.2 Å². The molecule has 0 aromatic rings. The van der Waals surface area contributed by atoms with Gasteiger partial charge in [0.2, 0.25) is 0 Å².